The summed E-state index contributed by atoms with van der Waals surface area (Å²) in [6.45, 7) is 4.21. The van der Waals surface area contributed by atoms with Crippen molar-refractivity contribution in [1.82, 2.24) is 10.2 Å². The molecule has 1 unspecified atom stereocenters. The van der Waals surface area contributed by atoms with Crippen LogP contribution < -0.4 is 16.0 Å². The van der Waals surface area contributed by atoms with E-state index in [-0.39, 0.29) is 11.6 Å². The molecule has 6 rings (SSSR count). The van der Waals surface area contributed by atoms with E-state index in [1.807, 2.05) is 24.3 Å². The van der Waals surface area contributed by atoms with E-state index in [0.29, 0.717) is 32.4 Å². The molecule has 3 amide bonds. The lowest BCUT2D eigenvalue weighted by atomic mass is 10.0. The number of anilines is 2. The number of carbonyl (C=O) groups excluding carboxylic acids is 3. The van der Waals surface area contributed by atoms with E-state index in [1.165, 1.54) is 28.7 Å². The second-order valence-electron chi connectivity index (χ2n) is 11.9. The Morgan fingerprint density at radius 1 is 0.961 bits per heavy atom. The number of rotatable bonds is 11. The van der Waals surface area contributed by atoms with Crippen LogP contribution in [0.5, 0.6) is 0 Å². The van der Waals surface area contributed by atoms with Gasteiger partial charge in [0.15, 0.2) is 0 Å². The molecule has 0 spiro atoms. The van der Waals surface area contributed by atoms with Crippen LogP contribution in [0.4, 0.5) is 10.7 Å². The van der Waals surface area contributed by atoms with Crippen LogP contribution in [0.25, 0.3) is 6.08 Å². The molecule has 8 nitrogen and oxygen atoms in total. The summed E-state index contributed by atoms with van der Waals surface area (Å²) in [5, 5.41) is 19.2. The van der Waals surface area contributed by atoms with Crippen molar-refractivity contribution < 1.29 is 14.4 Å². The van der Waals surface area contributed by atoms with E-state index < -0.39 is 17.1 Å². The minimum Gasteiger partial charge on any atom is -0.321 e. The zero-order chi connectivity index (χ0) is 35.7. The Morgan fingerprint density at radius 3 is 2.45 bits per heavy atom. The second kappa shape index (κ2) is 16.7. The normalized spacial score (nSPS) is 13.4. The lowest BCUT2D eigenvalue weighted by molar-refractivity contribution is -0.115. The topological polar surface area (TPSA) is 114 Å². The van der Waals surface area contributed by atoms with Gasteiger partial charge in [-0.3, -0.25) is 19.3 Å². The van der Waals surface area contributed by atoms with Gasteiger partial charge in [0.2, 0.25) is 5.91 Å². The maximum absolute atomic E-state index is 13.5. The predicted molar refractivity (Wildman–Crippen MR) is 206 cm³/mol. The van der Waals surface area contributed by atoms with Gasteiger partial charge in [0.25, 0.3) is 11.8 Å². The van der Waals surface area contributed by atoms with Gasteiger partial charge in [0, 0.05) is 45.7 Å². The molecule has 1 atom stereocenters. The number of halogens is 1. The van der Waals surface area contributed by atoms with Crippen LogP contribution in [-0.4, -0.2) is 34.4 Å². The van der Waals surface area contributed by atoms with E-state index in [2.05, 4.69) is 39.1 Å². The van der Waals surface area contributed by atoms with E-state index >= 15 is 0 Å². The van der Waals surface area contributed by atoms with Crippen molar-refractivity contribution in [3.05, 3.63) is 153 Å². The van der Waals surface area contributed by atoms with Crippen molar-refractivity contribution >= 4 is 69.2 Å². The summed E-state index contributed by atoms with van der Waals surface area (Å²) in [5.41, 5.74) is 4.38. The molecule has 2 heterocycles. The Hall–Kier alpha value is -5.18. The van der Waals surface area contributed by atoms with Crippen molar-refractivity contribution in [2.45, 2.75) is 36.6 Å². The van der Waals surface area contributed by atoms with Gasteiger partial charge in [-0.15, -0.1) is 23.1 Å². The molecule has 0 aliphatic carbocycles. The van der Waals surface area contributed by atoms with Crippen LogP contribution in [-0.2, 0) is 29.1 Å². The molecule has 51 heavy (non-hydrogen) atoms. The van der Waals surface area contributed by atoms with Crippen molar-refractivity contribution in [1.29, 1.82) is 5.26 Å². The summed E-state index contributed by atoms with van der Waals surface area (Å²) < 4.78 is 0. The molecule has 3 N–H and O–H groups in total. The number of benzene rings is 4. The number of nitrogens with one attached hydrogen (secondary N) is 3. The van der Waals surface area contributed by atoms with Crippen LogP contribution in [0.1, 0.15) is 44.4 Å². The zero-order valence-corrected chi connectivity index (χ0v) is 30.1. The summed E-state index contributed by atoms with van der Waals surface area (Å²) in [7, 11) is 0. The van der Waals surface area contributed by atoms with Crippen LogP contribution >= 0.6 is 34.7 Å². The number of amides is 3. The fourth-order valence-electron chi connectivity index (χ4n) is 5.66. The van der Waals surface area contributed by atoms with Crippen molar-refractivity contribution in [3.8, 4) is 6.07 Å². The molecule has 1 aromatic heterocycles. The van der Waals surface area contributed by atoms with E-state index in [0.717, 1.165) is 41.4 Å². The summed E-state index contributed by atoms with van der Waals surface area (Å²) >= 11 is 8.98. The standard InChI is InChI=1S/C40H34ClN5O3S2/c1-26(37(47)45-40-34(23-42)33-18-19-46(25-36(33)51-40)24-27-10-4-2-5-11-27)50-32-17-9-16-31(22-32)43-39(49)35(21-28-12-8-15-30(41)20-28)44-38(48)29-13-6-3-7-14-29/h2-17,20-22,26H,18-19,24-25H2,1H3,(H,43,49)(H,44,48)(H,45,47)/b35-21-. The first-order chi connectivity index (χ1) is 24.7. The number of carbonyl (C=O) groups is 3. The highest BCUT2D eigenvalue weighted by molar-refractivity contribution is 8.00. The lowest BCUT2D eigenvalue weighted by Gasteiger charge is -2.26. The van der Waals surface area contributed by atoms with Gasteiger partial charge in [-0.05, 0) is 78.6 Å². The third kappa shape index (κ3) is 9.34. The summed E-state index contributed by atoms with van der Waals surface area (Å²) in [6, 6.07) is 35.4. The monoisotopic (exact) mass is 731 g/mol. The van der Waals surface area contributed by atoms with Crippen LogP contribution in [0.15, 0.2) is 120 Å². The molecule has 1 aliphatic rings. The summed E-state index contributed by atoms with van der Waals surface area (Å²) in [4.78, 5) is 44.2. The molecule has 0 saturated heterocycles. The Balaban J connectivity index is 1.11. The van der Waals surface area contributed by atoms with Crippen molar-refractivity contribution in [2.75, 3.05) is 17.2 Å². The van der Waals surface area contributed by atoms with Crippen LogP contribution in [0.2, 0.25) is 5.02 Å². The number of hydrogen-bond donors (Lipinski definition) is 3. The van der Waals surface area contributed by atoms with Gasteiger partial charge in [0.1, 0.15) is 16.8 Å². The molecule has 256 valence electrons. The first-order valence-corrected chi connectivity index (χ1v) is 18.4. The van der Waals surface area contributed by atoms with Crippen molar-refractivity contribution in [3.63, 3.8) is 0 Å². The number of fused-ring (bicyclic) bond motifs is 1. The number of hydrogen-bond acceptors (Lipinski definition) is 7. The summed E-state index contributed by atoms with van der Waals surface area (Å²) in [6.07, 6.45) is 2.32. The molecule has 4 aromatic carbocycles. The number of thioether (sulfide) groups is 1. The predicted octanol–water partition coefficient (Wildman–Crippen LogP) is 8.36. The summed E-state index contributed by atoms with van der Waals surface area (Å²) in [5.74, 6) is -1.18. The molecule has 0 bridgehead atoms. The SMILES string of the molecule is CC(Sc1cccc(NC(=O)/C(=C/c2cccc(Cl)c2)NC(=O)c2ccccc2)c1)C(=O)Nc1sc2c(c1C#N)CCN(Cc1ccccc1)C2. The highest BCUT2D eigenvalue weighted by Crippen LogP contribution is 2.38. The highest BCUT2D eigenvalue weighted by atomic mass is 35.5. The van der Waals surface area contributed by atoms with E-state index in [4.69, 9.17) is 11.6 Å². The smallest absolute Gasteiger partial charge is 0.272 e. The molecule has 0 fully saturated rings. The quantitative estimate of drug-likeness (QED) is 0.0930. The fraction of sp³-hybridized carbons (Fsp3) is 0.150. The average molecular weight is 732 g/mol. The molecule has 0 radical (unpaired) electrons. The number of thiophene rings is 1. The third-order valence-electron chi connectivity index (χ3n) is 8.20. The maximum atomic E-state index is 13.5. The van der Waals surface area contributed by atoms with E-state index in [1.54, 1.807) is 85.8 Å². The maximum Gasteiger partial charge on any atom is 0.272 e. The Morgan fingerprint density at radius 2 is 1.71 bits per heavy atom. The zero-order valence-electron chi connectivity index (χ0n) is 27.7. The number of nitrogens with zero attached hydrogens (tertiary/aromatic N) is 2. The molecule has 11 heteroatoms. The first-order valence-electron chi connectivity index (χ1n) is 16.3. The third-order valence-corrected chi connectivity index (χ3v) is 10.7. The van der Waals surface area contributed by atoms with Crippen LogP contribution in [0.3, 0.4) is 0 Å². The Bertz CT molecular complexity index is 2130. The first kappa shape index (κ1) is 35.6. The average Bonchev–Trinajstić information content (AvgIpc) is 3.48. The largest absolute Gasteiger partial charge is 0.321 e. The van der Waals surface area contributed by atoms with Crippen LogP contribution in [0, 0.1) is 11.3 Å². The molecule has 1 aliphatic heterocycles. The van der Waals surface area contributed by atoms with Gasteiger partial charge < -0.3 is 16.0 Å². The molecular weight excluding hydrogens is 698 g/mol. The second-order valence-corrected chi connectivity index (χ2v) is 14.9. The van der Waals surface area contributed by atoms with Gasteiger partial charge >= 0.3 is 0 Å². The highest BCUT2D eigenvalue weighted by Gasteiger charge is 2.26. The number of nitriles is 1. The lowest BCUT2D eigenvalue weighted by Crippen LogP contribution is -2.30. The van der Waals surface area contributed by atoms with Gasteiger partial charge in [-0.25, -0.2) is 0 Å². The fourth-order valence-corrected chi connectivity index (χ4v) is 8.03. The Labute approximate surface area is 310 Å². The molecule has 0 saturated carbocycles. The van der Waals surface area contributed by atoms with Gasteiger partial charge in [-0.1, -0.05) is 78.3 Å². The molecule has 5 aromatic rings. The van der Waals surface area contributed by atoms with Gasteiger partial charge in [0.05, 0.1) is 10.8 Å². The van der Waals surface area contributed by atoms with Crippen molar-refractivity contribution in [2.24, 2.45) is 0 Å². The Kier molecular flexibility index (Phi) is 11.7. The minimum absolute atomic E-state index is 0.0343. The molecular formula is C40H34ClN5O3S2. The minimum atomic E-state index is -0.528. The van der Waals surface area contributed by atoms with E-state index in [9.17, 15) is 19.6 Å². The van der Waals surface area contributed by atoms with Gasteiger partial charge in [-0.2, -0.15) is 5.26 Å².